The van der Waals surface area contributed by atoms with Gasteiger partial charge in [0.2, 0.25) is 0 Å². The zero-order chi connectivity index (χ0) is 13.7. The Morgan fingerprint density at radius 3 is 2.95 bits per heavy atom. The molecule has 1 aliphatic rings. The van der Waals surface area contributed by atoms with Gasteiger partial charge in [0, 0.05) is 37.5 Å². The fourth-order valence-electron chi connectivity index (χ4n) is 2.12. The van der Waals surface area contributed by atoms with E-state index in [1.54, 1.807) is 11.3 Å². The van der Waals surface area contributed by atoms with Crippen molar-refractivity contribution in [1.29, 1.82) is 0 Å². The Morgan fingerprint density at radius 1 is 1.60 bits per heavy atom. The number of nitrogens with one attached hydrogen (secondary N) is 1. The number of β-amino-alcohol motifs (C(OH)–C–C–N with tert-alkyl or cyclic N) is 1. The highest BCUT2D eigenvalue weighted by atomic mass is 127. The van der Waals surface area contributed by atoms with Crippen LogP contribution in [0.1, 0.15) is 18.2 Å². The summed E-state index contributed by atoms with van der Waals surface area (Å²) < 4.78 is 1.17. The largest absolute Gasteiger partial charge is 0.391 e. The lowest BCUT2D eigenvalue weighted by Gasteiger charge is -2.20. The Kier molecular flexibility index (Phi) is 8.38. The quantitative estimate of drug-likeness (QED) is 0.401. The predicted molar refractivity (Wildman–Crippen MR) is 99.3 cm³/mol. The van der Waals surface area contributed by atoms with Crippen molar-refractivity contribution in [1.82, 2.24) is 10.2 Å². The number of aliphatic hydroxyl groups is 1. The average Bonchev–Trinajstić information content (AvgIpc) is 2.97. The molecule has 2 heterocycles. The summed E-state index contributed by atoms with van der Waals surface area (Å²) in [6.45, 7) is 5.28. The van der Waals surface area contributed by atoms with Gasteiger partial charge in [-0.1, -0.05) is 0 Å². The Balaban J connectivity index is 0.00000200. The average molecular weight is 474 g/mol. The number of thiophene rings is 1. The summed E-state index contributed by atoms with van der Waals surface area (Å²) >= 11 is 5.23. The maximum absolute atomic E-state index is 9.59. The van der Waals surface area contributed by atoms with Crippen molar-refractivity contribution in [3.63, 3.8) is 0 Å². The summed E-state index contributed by atoms with van der Waals surface area (Å²) in [7, 11) is 0. The molecule has 1 aliphatic heterocycles. The number of halogens is 2. The van der Waals surface area contributed by atoms with E-state index in [1.807, 2.05) is 0 Å². The first-order valence-electron chi connectivity index (χ1n) is 6.64. The number of hydrogen-bond acceptors (Lipinski definition) is 3. The number of hydrogen-bond donors (Lipinski definition) is 2. The summed E-state index contributed by atoms with van der Waals surface area (Å²) in [5, 5.41) is 12.9. The van der Waals surface area contributed by atoms with Gasteiger partial charge in [0.25, 0.3) is 0 Å². The lowest BCUT2D eigenvalue weighted by atomic mass is 10.3. The van der Waals surface area contributed by atoms with Gasteiger partial charge in [-0.3, -0.25) is 4.99 Å². The van der Waals surface area contributed by atoms with Crippen LogP contribution in [0, 0.1) is 0 Å². The van der Waals surface area contributed by atoms with E-state index in [4.69, 9.17) is 0 Å². The van der Waals surface area contributed by atoms with Crippen LogP contribution >= 0.6 is 51.2 Å². The van der Waals surface area contributed by atoms with Crippen molar-refractivity contribution < 1.29 is 5.11 Å². The molecule has 0 spiro atoms. The van der Waals surface area contributed by atoms with Gasteiger partial charge in [-0.25, -0.2) is 0 Å². The molecule has 0 aromatic carbocycles. The summed E-state index contributed by atoms with van der Waals surface area (Å²) in [5.74, 6) is 0.926. The predicted octanol–water partition coefficient (Wildman–Crippen LogP) is 2.70. The second kappa shape index (κ2) is 9.22. The van der Waals surface area contributed by atoms with Gasteiger partial charge in [-0.05, 0) is 41.4 Å². The van der Waals surface area contributed by atoms with Crippen LogP contribution < -0.4 is 5.32 Å². The van der Waals surface area contributed by atoms with Crippen LogP contribution in [0.3, 0.4) is 0 Å². The van der Waals surface area contributed by atoms with E-state index in [0.717, 1.165) is 38.4 Å². The van der Waals surface area contributed by atoms with Crippen molar-refractivity contribution in [3.05, 3.63) is 20.8 Å². The SMILES string of the molecule is CCNC(=NCCc1ccc(Br)s1)N1CC[C@@H](O)C1.I. The van der Waals surface area contributed by atoms with Crippen LogP contribution in [0.25, 0.3) is 0 Å². The number of guanidine groups is 1. The number of likely N-dealkylation sites (tertiary alicyclic amines) is 1. The van der Waals surface area contributed by atoms with E-state index < -0.39 is 0 Å². The molecule has 1 aromatic rings. The smallest absolute Gasteiger partial charge is 0.194 e. The third-order valence-corrected chi connectivity index (χ3v) is 4.73. The number of rotatable bonds is 4. The minimum atomic E-state index is -0.211. The molecule has 7 heteroatoms. The van der Waals surface area contributed by atoms with E-state index in [0.29, 0.717) is 6.54 Å². The Morgan fingerprint density at radius 2 is 2.40 bits per heavy atom. The summed E-state index contributed by atoms with van der Waals surface area (Å²) in [6, 6.07) is 4.21. The fraction of sp³-hybridized carbons (Fsp3) is 0.615. The van der Waals surface area contributed by atoms with E-state index in [9.17, 15) is 5.11 Å². The first kappa shape index (κ1) is 18.2. The number of aliphatic hydroxyl groups excluding tert-OH is 1. The van der Waals surface area contributed by atoms with Crippen molar-refractivity contribution >= 4 is 57.2 Å². The third-order valence-electron chi connectivity index (χ3n) is 3.05. The lowest BCUT2D eigenvalue weighted by Crippen LogP contribution is -2.40. The molecule has 0 saturated carbocycles. The van der Waals surface area contributed by atoms with Gasteiger partial charge in [0.05, 0.1) is 9.89 Å². The first-order valence-corrected chi connectivity index (χ1v) is 8.25. The maximum Gasteiger partial charge on any atom is 0.194 e. The normalized spacial score (nSPS) is 19.1. The van der Waals surface area contributed by atoms with Crippen LogP contribution in [0.5, 0.6) is 0 Å². The molecular formula is C13H21BrIN3OS. The standard InChI is InChI=1S/C13H20BrN3OS.HI/c1-2-15-13(17-8-6-10(18)9-17)16-7-5-11-3-4-12(14)19-11;/h3-4,10,18H,2,5-9H2,1H3,(H,15,16);1H/t10-;/m1./s1. The molecule has 2 N–H and O–H groups in total. The number of aliphatic imine (C=N–C) groups is 1. The third kappa shape index (κ3) is 5.50. The first-order chi connectivity index (χ1) is 9.19. The van der Waals surface area contributed by atoms with Gasteiger partial charge in [-0.15, -0.1) is 35.3 Å². The topological polar surface area (TPSA) is 47.9 Å². The Hall–Kier alpha value is 0.140. The van der Waals surface area contributed by atoms with Gasteiger partial charge in [0.1, 0.15) is 0 Å². The highest BCUT2D eigenvalue weighted by molar-refractivity contribution is 14.0. The maximum atomic E-state index is 9.59. The van der Waals surface area contributed by atoms with Gasteiger partial charge >= 0.3 is 0 Å². The fourth-order valence-corrected chi connectivity index (χ4v) is 3.59. The molecule has 0 radical (unpaired) electrons. The van der Waals surface area contributed by atoms with Crippen LogP contribution in [-0.2, 0) is 6.42 Å². The van der Waals surface area contributed by atoms with Crippen LogP contribution in [0.2, 0.25) is 0 Å². The molecule has 0 unspecified atom stereocenters. The summed E-state index contributed by atoms with van der Waals surface area (Å²) in [5.41, 5.74) is 0. The molecule has 1 saturated heterocycles. The number of nitrogens with zero attached hydrogens (tertiary/aromatic N) is 2. The van der Waals surface area contributed by atoms with Crippen molar-refractivity contribution in [2.75, 3.05) is 26.2 Å². The molecule has 0 amide bonds. The molecule has 1 aromatic heterocycles. The minimum absolute atomic E-state index is 0. The van der Waals surface area contributed by atoms with Crippen LogP contribution in [0.4, 0.5) is 0 Å². The van der Waals surface area contributed by atoms with Crippen molar-refractivity contribution in [3.8, 4) is 0 Å². The Labute approximate surface area is 149 Å². The zero-order valence-electron chi connectivity index (χ0n) is 11.5. The summed E-state index contributed by atoms with van der Waals surface area (Å²) in [6.07, 6.45) is 1.58. The minimum Gasteiger partial charge on any atom is -0.391 e. The molecule has 2 rings (SSSR count). The van der Waals surface area contributed by atoms with Crippen molar-refractivity contribution in [2.24, 2.45) is 4.99 Å². The second-order valence-electron chi connectivity index (χ2n) is 4.58. The van der Waals surface area contributed by atoms with Crippen LogP contribution in [-0.4, -0.2) is 48.2 Å². The molecular weight excluding hydrogens is 453 g/mol. The molecule has 114 valence electrons. The second-order valence-corrected chi connectivity index (χ2v) is 7.13. The molecule has 4 nitrogen and oxygen atoms in total. The van der Waals surface area contributed by atoms with E-state index in [1.165, 1.54) is 8.66 Å². The van der Waals surface area contributed by atoms with Crippen molar-refractivity contribution in [2.45, 2.75) is 25.9 Å². The highest BCUT2D eigenvalue weighted by Crippen LogP contribution is 2.22. The van der Waals surface area contributed by atoms with Gasteiger partial charge in [0.15, 0.2) is 5.96 Å². The molecule has 1 fully saturated rings. The molecule has 0 aliphatic carbocycles. The van der Waals surface area contributed by atoms with Crippen LogP contribution in [0.15, 0.2) is 20.9 Å². The zero-order valence-corrected chi connectivity index (χ0v) is 16.2. The summed E-state index contributed by atoms with van der Waals surface area (Å²) in [4.78, 5) is 8.12. The highest BCUT2D eigenvalue weighted by Gasteiger charge is 2.22. The van der Waals surface area contributed by atoms with Gasteiger partial charge < -0.3 is 15.3 Å². The molecule has 20 heavy (non-hydrogen) atoms. The monoisotopic (exact) mass is 473 g/mol. The molecule has 0 bridgehead atoms. The van der Waals surface area contributed by atoms with E-state index in [2.05, 4.69) is 50.2 Å². The lowest BCUT2D eigenvalue weighted by molar-refractivity contribution is 0.188. The van der Waals surface area contributed by atoms with E-state index in [-0.39, 0.29) is 30.1 Å². The Bertz CT molecular complexity index is 441. The van der Waals surface area contributed by atoms with E-state index >= 15 is 0 Å². The van der Waals surface area contributed by atoms with Gasteiger partial charge in [-0.2, -0.15) is 0 Å². The molecule has 1 atom stereocenters.